The van der Waals surface area contributed by atoms with E-state index in [1.165, 1.54) is 38.2 Å². The van der Waals surface area contributed by atoms with E-state index in [2.05, 4.69) is 10.3 Å². The Bertz CT molecular complexity index is 1140. The molecule has 1 aliphatic carbocycles. The largest absolute Gasteiger partial charge is 0.494 e. The topological polar surface area (TPSA) is 48.3 Å². The van der Waals surface area contributed by atoms with Crippen molar-refractivity contribution in [2.75, 3.05) is 20.2 Å². The molecule has 0 bridgehead atoms. The average Bonchev–Trinajstić information content (AvgIpc) is 3.43. The van der Waals surface area contributed by atoms with E-state index in [9.17, 15) is 17.6 Å². The zero-order valence-corrected chi connectivity index (χ0v) is 17.7. The number of ether oxygens (including phenoxy) is 2. The van der Waals surface area contributed by atoms with E-state index in [4.69, 9.17) is 9.47 Å². The predicted octanol–water partition coefficient (Wildman–Crippen LogP) is 4.90. The first-order valence-corrected chi connectivity index (χ1v) is 10.9. The number of methoxy groups -OCH3 is 1. The third-order valence-corrected chi connectivity index (χ3v) is 6.49. The molecular formula is C23H25F4N3O2. The standard InChI is InChI=1S/C23H25F4N3O2/c1-31-20-11-18-16(10-17(20)24)15-6-7-29-22(23(25,26)27)21(15)30(18)9-8-28-12-14-4-5-19(32-14)13-2-3-13/h6-7,10-11,13-14,19,28H,2-5,8-9,12H2,1H3. The number of pyridine rings is 1. The summed E-state index contributed by atoms with van der Waals surface area (Å²) in [5.41, 5.74) is -0.545. The number of halogens is 4. The van der Waals surface area contributed by atoms with Crippen LogP contribution in [-0.2, 0) is 17.5 Å². The van der Waals surface area contributed by atoms with Crippen LogP contribution in [0.15, 0.2) is 24.4 Å². The fraction of sp³-hybridized carbons (Fsp3) is 0.522. The van der Waals surface area contributed by atoms with E-state index >= 15 is 0 Å². The van der Waals surface area contributed by atoms with Crippen LogP contribution in [-0.4, -0.2) is 42.0 Å². The monoisotopic (exact) mass is 451 g/mol. The lowest BCUT2D eigenvalue weighted by Gasteiger charge is -2.16. The quantitative estimate of drug-likeness (QED) is 0.410. The van der Waals surface area contributed by atoms with Gasteiger partial charge in [0.15, 0.2) is 17.3 Å². The second kappa shape index (κ2) is 8.19. The molecule has 2 unspecified atom stereocenters. The normalized spacial score (nSPS) is 21.7. The lowest BCUT2D eigenvalue weighted by Crippen LogP contribution is -2.30. The van der Waals surface area contributed by atoms with Crippen molar-refractivity contribution in [2.24, 2.45) is 5.92 Å². The number of nitrogens with one attached hydrogen (secondary N) is 1. The first-order valence-electron chi connectivity index (χ1n) is 10.9. The SMILES string of the molecule is COc1cc2c(cc1F)c1ccnc(C(F)(F)F)c1n2CCNCC1CCC(C2CC2)O1. The highest BCUT2D eigenvalue weighted by Gasteiger charge is 2.38. The number of aromatic nitrogens is 2. The fourth-order valence-electron chi connectivity index (χ4n) is 4.80. The first kappa shape index (κ1) is 21.5. The van der Waals surface area contributed by atoms with Gasteiger partial charge in [-0.2, -0.15) is 13.2 Å². The summed E-state index contributed by atoms with van der Waals surface area (Å²) in [5.74, 6) is 0.0777. The van der Waals surface area contributed by atoms with Gasteiger partial charge in [0.1, 0.15) is 0 Å². The van der Waals surface area contributed by atoms with E-state index in [0.717, 1.165) is 19.0 Å². The van der Waals surface area contributed by atoms with Crippen molar-refractivity contribution in [3.05, 3.63) is 35.9 Å². The molecule has 1 saturated heterocycles. The van der Waals surface area contributed by atoms with Gasteiger partial charge in [0.2, 0.25) is 0 Å². The van der Waals surface area contributed by atoms with Crippen LogP contribution in [0.25, 0.3) is 21.8 Å². The molecule has 2 atom stereocenters. The average molecular weight is 451 g/mol. The molecule has 5 rings (SSSR count). The second-order valence-electron chi connectivity index (χ2n) is 8.62. The van der Waals surface area contributed by atoms with Crippen LogP contribution in [0, 0.1) is 11.7 Å². The van der Waals surface area contributed by atoms with Crippen LogP contribution < -0.4 is 10.1 Å². The number of rotatable bonds is 7. The highest BCUT2D eigenvalue weighted by Crippen LogP contribution is 2.41. The van der Waals surface area contributed by atoms with Gasteiger partial charge in [0.05, 0.1) is 30.4 Å². The van der Waals surface area contributed by atoms with Gasteiger partial charge in [-0.25, -0.2) is 9.37 Å². The lowest BCUT2D eigenvalue weighted by molar-refractivity contribution is -0.140. The second-order valence-corrected chi connectivity index (χ2v) is 8.62. The van der Waals surface area contributed by atoms with E-state index < -0.39 is 17.7 Å². The Morgan fingerprint density at radius 3 is 2.72 bits per heavy atom. The number of hydrogen-bond donors (Lipinski definition) is 1. The Labute approximate surface area is 182 Å². The molecule has 9 heteroatoms. The minimum atomic E-state index is -4.63. The molecule has 32 heavy (non-hydrogen) atoms. The predicted molar refractivity (Wildman–Crippen MR) is 112 cm³/mol. The van der Waals surface area contributed by atoms with Gasteiger partial charge in [-0.1, -0.05) is 0 Å². The van der Waals surface area contributed by atoms with Gasteiger partial charge in [-0.3, -0.25) is 0 Å². The third kappa shape index (κ3) is 3.92. The van der Waals surface area contributed by atoms with Gasteiger partial charge in [-0.05, 0) is 43.7 Å². The molecule has 2 fully saturated rings. The minimum absolute atomic E-state index is 0.0125. The Morgan fingerprint density at radius 1 is 1.19 bits per heavy atom. The van der Waals surface area contributed by atoms with Crippen LogP contribution in [0.2, 0.25) is 0 Å². The van der Waals surface area contributed by atoms with Crippen molar-refractivity contribution < 1.29 is 27.0 Å². The van der Waals surface area contributed by atoms with Crippen molar-refractivity contribution in [3.63, 3.8) is 0 Å². The van der Waals surface area contributed by atoms with E-state index in [0.29, 0.717) is 41.4 Å². The van der Waals surface area contributed by atoms with E-state index in [1.54, 1.807) is 4.57 Å². The molecule has 2 aromatic heterocycles. The first-order chi connectivity index (χ1) is 15.4. The molecule has 1 N–H and O–H groups in total. The van der Waals surface area contributed by atoms with Gasteiger partial charge >= 0.3 is 6.18 Å². The van der Waals surface area contributed by atoms with Crippen molar-refractivity contribution in [1.82, 2.24) is 14.9 Å². The number of hydrogen-bond acceptors (Lipinski definition) is 4. The highest BCUT2D eigenvalue weighted by atomic mass is 19.4. The Hall–Kier alpha value is -2.39. The summed E-state index contributed by atoms with van der Waals surface area (Å²) in [4.78, 5) is 3.61. The molecule has 3 heterocycles. The third-order valence-electron chi connectivity index (χ3n) is 6.49. The number of fused-ring (bicyclic) bond motifs is 3. The van der Waals surface area contributed by atoms with Crippen molar-refractivity contribution >= 4 is 21.8 Å². The lowest BCUT2D eigenvalue weighted by atomic mass is 10.1. The number of benzene rings is 1. The van der Waals surface area contributed by atoms with Crippen LogP contribution in [0.4, 0.5) is 17.6 Å². The molecule has 172 valence electrons. The molecule has 0 spiro atoms. The molecule has 0 amide bonds. The molecule has 1 saturated carbocycles. The van der Waals surface area contributed by atoms with Crippen molar-refractivity contribution in [3.8, 4) is 5.75 Å². The molecule has 0 radical (unpaired) electrons. The fourth-order valence-corrected chi connectivity index (χ4v) is 4.80. The minimum Gasteiger partial charge on any atom is -0.494 e. The Morgan fingerprint density at radius 2 is 2.00 bits per heavy atom. The van der Waals surface area contributed by atoms with Gasteiger partial charge in [0.25, 0.3) is 0 Å². The summed E-state index contributed by atoms with van der Waals surface area (Å²) in [6.07, 6.45) is 1.57. The summed E-state index contributed by atoms with van der Waals surface area (Å²) < 4.78 is 68.3. The zero-order chi connectivity index (χ0) is 22.5. The van der Waals surface area contributed by atoms with Gasteiger partial charge in [0, 0.05) is 42.7 Å². The molecule has 2 aliphatic rings. The van der Waals surface area contributed by atoms with Crippen molar-refractivity contribution in [2.45, 2.75) is 50.6 Å². The smallest absolute Gasteiger partial charge is 0.435 e. The molecular weight excluding hydrogens is 426 g/mol. The molecule has 3 aromatic rings. The van der Waals surface area contributed by atoms with Gasteiger partial charge < -0.3 is 19.4 Å². The molecule has 1 aromatic carbocycles. The summed E-state index contributed by atoms with van der Waals surface area (Å²) >= 11 is 0. The summed E-state index contributed by atoms with van der Waals surface area (Å²) in [5, 5.41) is 4.04. The van der Waals surface area contributed by atoms with Crippen LogP contribution in [0.3, 0.4) is 0 Å². The van der Waals surface area contributed by atoms with Crippen LogP contribution >= 0.6 is 0 Å². The maximum atomic E-state index is 14.4. The zero-order valence-electron chi connectivity index (χ0n) is 17.7. The number of nitrogens with zero attached hydrogens (tertiary/aromatic N) is 2. The van der Waals surface area contributed by atoms with E-state index in [-0.39, 0.29) is 23.9 Å². The Balaban J connectivity index is 1.43. The molecule has 5 nitrogen and oxygen atoms in total. The Kier molecular flexibility index (Phi) is 5.49. The van der Waals surface area contributed by atoms with Gasteiger partial charge in [-0.15, -0.1) is 0 Å². The van der Waals surface area contributed by atoms with E-state index in [1.807, 2.05) is 0 Å². The maximum absolute atomic E-state index is 14.4. The van der Waals surface area contributed by atoms with Crippen molar-refractivity contribution in [1.29, 1.82) is 0 Å². The summed E-state index contributed by atoms with van der Waals surface area (Å²) in [6.45, 7) is 1.36. The summed E-state index contributed by atoms with van der Waals surface area (Å²) in [6, 6.07) is 4.17. The molecule has 1 aliphatic heterocycles. The van der Waals surface area contributed by atoms with Crippen LogP contribution in [0.1, 0.15) is 31.4 Å². The highest BCUT2D eigenvalue weighted by molar-refractivity contribution is 6.09. The van der Waals surface area contributed by atoms with Crippen LogP contribution in [0.5, 0.6) is 5.75 Å². The number of alkyl halides is 3. The maximum Gasteiger partial charge on any atom is 0.435 e. The summed E-state index contributed by atoms with van der Waals surface area (Å²) in [7, 11) is 1.33.